The first-order valence-electron chi connectivity index (χ1n) is 6.09. The Kier molecular flexibility index (Phi) is 2.63. The Labute approximate surface area is 105 Å². The zero-order valence-electron chi connectivity index (χ0n) is 10.5. The number of nitrogens with one attached hydrogen (secondary N) is 1. The van der Waals surface area contributed by atoms with Gasteiger partial charge in [0.2, 0.25) is 5.88 Å². The van der Waals surface area contributed by atoms with Crippen LogP contribution >= 0.6 is 0 Å². The third-order valence-electron chi connectivity index (χ3n) is 3.07. The predicted molar refractivity (Wildman–Crippen MR) is 70.3 cm³/mol. The SMILES string of the molecule is CC1=CCCC=C1Oc1ncnc2[nH]c(C)cc12. The molecule has 0 saturated carbocycles. The Hall–Kier alpha value is -2.10. The standard InChI is InChI=1S/C14H15N3O/c1-9-5-3-4-6-12(9)18-14-11-7-10(2)17-13(11)15-8-16-14/h5-8H,3-4H2,1-2H3,(H,15,16,17). The van der Waals surface area contributed by atoms with E-state index >= 15 is 0 Å². The maximum atomic E-state index is 5.92. The molecule has 1 aliphatic rings. The van der Waals surface area contributed by atoms with Gasteiger partial charge in [0.05, 0.1) is 5.39 Å². The molecule has 0 amide bonds. The Bertz CT molecular complexity index is 652. The lowest BCUT2D eigenvalue weighted by Gasteiger charge is -2.13. The normalized spacial score (nSPS) is 15.4. The second-order valence-electron chi connectivity index (χ2n) is 4.53. The third kappa shape index (κ3) is 1.90. The van der Waals surface area contributed by atoms with Gasteiger partial charge >= 0.3 is 0 Å². The van der Waals surface area contributed by atoms with E-state index in [-0.39, 0.29) is 0 Å². The molecule has 2 aromatic rings. The van der Waals surface area contributed by atoms with Crippen LogP contribution in [0.1, 0.15) is 25.5 Å². The zero-order valence-corrected chi connectivity index (χ0v) is 10.5. The van der Waals surface area contributed by atoms with Crippen molar-refractivity contribution in [3.05, 3.63) is 41.6 Å². The number of aryl methyl sites for hydroxylation is 1. The second kappa shape index (κ2) is 4.29. The first kappa shape index (κ1) is 11.0. The van der Waals surface area contributed by atoms with E-state index in [1.165, 1.54) is 11.9 Å². The minimum absolute atomic E-state index is 0.616. The van der Waals surface area contributed by atoms with E-state index in [1.54, 1.807) is 0 Å². The lowest BCUT2D eigenvalue weighted by molar-refractivity contribution is 0.418. The van der Waals surface area contributed by atoms with Crippen molar-refractivity contribution in [1.82, 2.24) is 15.0 Å². The van der Waals surface area contributed by atoms with Crippen LogP contribution in [0.5, 0.6) is 5.88 Å². The van der Waals surface area contributed by atoms with Crippen molar-refractivity contribution in [3.63, 3.8) is 0 Å². The van der Waals surface area contributed by atoms with Gasteiger partial charge in [-0.1, -0.05) is 6.08 Å². The van der Waals surface area contributed by atoms with Gasteiger partial charge in [0.25, 0.3) is 0 Å². The summed E-state index contributed by atoms with van der Waals surface area (Å²) >= 11 is 0. The first-order chi connectivity index (χ1) is 8.74. The maximum Gasteiger partial charge on any atom is 0.231 e. The molecule has 2 aromatic heterocycles. The van der Waals surface area contributed by atoms with E-state index in [4.69, 9.17) is 4.74 Å². The van der Waals surface area contributed by atoms with Gasteiger partial charge in [-0.3, -0.25) is 0 Å². The molecule has 2 heterocycles. The summed E-state index contributed by atoms with van der Waals surface area (Å²) in [7, 11) is 0. The topological polar surface area (TPSA) is 50.8 Å². The molecule has 3 rings (SSSR count). The van der Waals surface area contributed by atoms with E-state index < -0.39 is 0 Å². The van der Waals surface area contributed by atoms with Crippen molar-refractivity contribution < 1.29 is 4.74 Å². The predicted octanol–water partition coefficient (Wildman–Crippen LogP) is 3.27. The summed E-state index contributed by atoms with van der Waals surface area (Å²) in [6, 6.07) is 2.01. The summed E-state index contributed by atoms with van der Waals surface area (Å²) in [4.78, 5) is 11.6. The second-order valence-corrected chi connectivity index (χ2v) is 4.53. The summed E-state index contributed by atoms with van der Waals surface area (Å²) in [5.41, 5.74) is 3.04. The van der Waals surface area contributed by atoms with Crippen LogP contribution in [0.15, 0.2) is 35.9 Å². The maximum absolute atomic E-state index is 5.92. The average Bonchev–Trinajstić information content (AvgIpc) is 2.73. The van der Waals surface area contributed by atoms with Crippen LogP contribution < -0.4 is 4.74 Å². The van der Waals surface area contributed by atoms with Crippen LogP contribution in [-0.2, 0) is 0 Å². The molecular weight excluding hydrogens is 226 g/mol. The number of ether oxygens (including phenoxy) is 1. The highest BCUT2D eigenvalue weighted by Gasteiger charge is 2.12. The van der Waals surface area contributed by atoms with E-state index in [9.17, 15) is 0 Å². The number of rotatable bonds is 2. The van der Waals surface area contributed by atoms with Crippen molar-refractivity contribution in [1.29, 1.82) is 0 Å². The monoisotopic (exact) mass is 241 g/mol. The van der Waals surface area contributed by atoms with E-state index in [0.29, 0.717) is 5.88 Å². The van der Waals surface area contributed by atoms with Gasteiger partial charge in [-0.2, -0.15) is 0 Å². The third-order valence-corrected chi connectivity index (χ3v) is 3.07. The lowest BCUT2D eigenvalue weighted by Crippen LogP contribution is -2.02. The molecule has 0 spiro atoms. The number of fused-ring (bicyclic) bond motifs is 1. The van der Waals surface area contributed by atoms with Crippen molar-refractivity contribution in [2.45, 2.75) is 26.7 Å². The van der Waals surface area contributed by atoms with Gasteiger partial charge in [-0.15, -0.1) is 0 Å². The minimum atomic E-state index is 0.616. The number of nitrogens with zero attached hydrogens (tertiary/aromatic N) is 2. The number of hydrogen-bond donors (Lipinski definition) is 1. The van der Waals surface area contributed by atoms with Gasteiger partial charge < -0.3 is 9.72 Å². The highest BCUT2D eigenvalue weighted by atomic mass is 16.5. The van der Waals surface area contributed by atoms with Crippen LogP contribution in [0.4, 0.5) is 0 Å². The zero-order chi connectivity index (χ0) is 12.5. The van der Waals surface area contributed by atoms with Crippen molar-refractivity contribution in [2.24, 2.45) is 0 Å². The minimum Gasteiger partial charge on any atom is -0.438 e. The van der Waals surface area contributed by atoms with Gasteiger partial charge in [0.15, 0.2) is 0 Å². The summed E-state index contributed by atoms with van der Waals surface area (Å²) < 4.78 is 5.92. The molecule has 0 aliphatic heterocycles. The molecule has 0 bridgehead atoms. The Morgan fingerprint density at radius 2 is 2.00 bits per heavy atom. The first-order valence-corrected chi connectivity index (χ1v) is 6.09. The van der Waals surface area contributed by atoms with Crippen LogP contribution in [-0.4, -0.2) is 15.0 Å². The molecule has 4 nitrogen and oxygen atoms in total. The molecule has 1 aliphatic carbocycles. The highest BCUT2D eigenvalue weighted by molar-refractivity contribution is 5.81. The van der Waals surface area contributed by atoms with E-state index in [2.05, 4.69) is 34.0 Å². The number of allylic oxidation sites excluding steroid dienone is 3. The quantitative estimate of drug-likeness (QED) is 0.877. The molecule has 0 fully saturated rings. The Morgan fingerprint density at radius 1 is 1.17 bits per heavy atom. The van der Waals surface area contributed by atoms with Crippen LogP contribution in [0.3, 0.4) is 0 Å². The lowest BCUT2D eigenvalue weighted by atomic mass is 10.1. The fraction of sp³-hybridized carbons (Fsp3) is 0.286. The smallest absolute Gasteiger partial charge is 0.231 e. The van der Waals surface area contributed by atoms with Crippen LogP contribution in [0, 0.1) is 6.92 Å². The molecule has 0 atom stereocenters. The molecule has 0 unspecified atom stereocenters. The number of aromatic nitrogens is 3. The van der Waals surface area contributed by atoms with Gasteiger partial charge in [-0.25, -0.2) is 9.97 Å². The Balaban J connectivity index is 2.00. The summed E-state index contributed by atoms with van der Waals surface area (Å²) in [5, 5.41) is 0.925. The molecule has 0 saturated heterocycles. The van der Waals surface area contributed by atoms with Crippen molar-refractivity contribution >= 4 is 11.0 Å². The molecule has 92 valence electrons. The summed E-state index contributed by atoms with van der Waals surface area (Å²) in [6.45, 7) is 4.06. The van der Waals surface area contributed by atoms with Gasteiger partial charge in [0.1, 0.15) is 17.7 Å². The van der Waals surface area contributed by atoms with Gasteiger partial charge in [-0.05, 0) is 44.4 Å². The van der Waals surface area contributed by atoms with Crippen molar-refractivity contribution in [2.75, 3.05) is 0 Å². The summed E-state index contributed by atoms with van der Waals surface area (Å²) in [6.07, 6.45) is 7.93. The molecule has 1 N–H and O–H groups in total. The van der Waals surface area contributed by atoms with E-state index in [0.717, 1.165) is 35.3 Å². The molecule has 18 heavy (non-hydrogen) atoms. The molecular formula is C14H15N3O. The van der Waals surface area contributed by atoms with Crippen LogP contribution in [0.25, 0.3) is 11.0 Å². The fourth-order valence-electron chi connectivity index (χ4n) is 2.13. The number of H-pyrrole nitrogens is 1. The molecule has 0 radical (unpaired) electrons. The highest BCUT2D eigenvalue weighted by Crippen LogP contribution is 2.27. The van der Waals surface area contributed by atoms with E-state index in [1.807, 2.05) is 13.0 Å². The van der Waals surface area contributed by atoms with Gasteiger partial charge in [0, 0.05) is 5.69 Å². The fourth-order valence-corrected chi connectivity index (χ4v) is 2.13. The number of hydrogen-bond acceptors (Lipinski definition) is 3. The largest absolute Gasteiger partial charge is 0.438 e. The number of aromatic amines is 1. The Morgan fingerprint density at radius 3 is 2.83 bits per heavy atom. The van der Waals surface area contributed by atoms with Crippen molar-refractivity contribution in [3.8, 4) is 5.88 Å². The molecule has 4 heteroatoms. The summed E-state index contributed by atoms with van der Waals surface area (Å²) in [5.74, 6) is 1.52. The average molecular weight is 241 g/mol. The molecule has 0 aromatic carbocycles. The van der Waals surface area contributed by atoms with Crippen LogP contribution in [0.2, 0.25) is 0 Å².